The van der Waals surface area contributed by atoms with E-state index in [9.17, 15) is 13.9 Å². The van der Waals surface area contributed by atoms with Crippen molar-refractivity contribution in [1.82, 2.24) is 4.90 Å². The van der Waals surface area contributed by atoms with Gasteiger partial charge in [0.2, 0.25) is 0 Å². The van der Waals surface area contributed by atoms with Gasteiger partial charge in [-0.15, -0.1) is 0 Å². The van der Waals surface area contributed by atoms with Crippen LogP contribution in [0.2, 0.25) is 0 Å². The van der Waals surface area contributed by atoms with Crippen molar-refractivity contribution in [3.63, 3.8) is 0 Å². The number of benzene rings is 2. The van der Waals surface area contributed by atoms with Crippen LogP contribution < -0.4 is 0 Å². The van der Waals surface area contributed by atoms with Crippen molar-refractivity contribution in [2.45, 2.75) is 40.0 Å². The molecule has 5 heteroatoms. The Hall–Kier alpha value is -2.95. The predicted molar refractivity (Wildman–Crippen MR) is 117 cm³/mol. The average Bonchev–Trinajstić information content (AvgIpc) is 2.70. The van der Waals surface area contributed by atoms with E-state index >= 15 is 0 Å². The minimum atomic E-state index is -0.703. The van der Waals surface area contributed by atoms with E-state index in [0.29, 0.717) is 35.8 Å². The molecule has 1 aliphatic rings. The number of allylic oxidation sites excluding steroid dienone is 2. The van der Waals surface area contributed by atoms with Crippen molar-refractivity contribution in [3.8, 4) is 5.75 Å². The first-order valence-corrected chi connectivity index (χ1v) is 10.3. The largest absolute Gasteiger partial charge is 0.504 e. The lowest BCUT2D eigenvalue weighted by Gasteiger charge is -2.34. The molecule has 2 aromatic carbocycles. The number of halogens is 2. The average molecular weight is 411 g/mol. The SMILES string of the molecule is C=C1C(CC)=C(CC(C)C)N=C(c2cccc(F)c2O)N1CCc1ccccc1F. The van der Waals surface area contributed by atoms with E-state index in [2.05, 4.69) is 27.4 Å². The predicted octanol–water partition coefficient (Wildman–Crippen LogP) is 6.20. The maximum atomic E-state index is 14.2. The summed E-state index contributed by atoms with van der Waals surface area (Å²) >= 11 is 0. The second-order valence-corrected chi connectivity index (χ2v) is 7.89. The van der Waals surface area contributed by atoms with E-state index < -0.39 is 11.6 Å². The van der Waals surface area contributed by atoms with Crippen LogP contribution in [0.25, 0.3) is 0 Å². The van der Waals surface area contributed by atoms with Gasteiger partial charge in [-0.05, 0) is 54.5 Å². The van der Waals surface area contributed by atoms with E-state index in [1.807, 2.05) is 4.90 Å². The van der Waals surface area contributed by atoms with Gasteiger partial charge in [0.15, 0.2) is 11.6 Å². The van der Waals surface area contributed by atoms with Gasteiger partial charge in [0, 0.05) is 17.9 Å². The van der Waals surface area contributed by atoms with Crippen LogP contribution in [0.15, 0.2) is 71.0 Å². The van der Waals surface area contributed by atoms with E-state index in [1.54, 1.807) is 30.3 Å². The van der Waals surface area contributed by atoms with Crippen molar-refractivity contribution in [1.29, 1.82) is 0 Å². The molecule has 0 amide bonds. The first-order valence-electron chi connectivity index (χ1n) is 10.3. The van der Waals surface area contributed by atoms with Gasteiger partial charge in [-0.3, -0.25) is 0 Å². The van der Waals surface area contributed by atoms with Crippen LogP contribution in [0.5, 0.6) is 5.75 Å². The highest BCUT2D eigenvalue weighted by Gasteiger charge is 2.28. The second-order valence-electron chi connectivity index (χ2n) is 7.89. The van der Waals surface area contributed by atoms with Crippen molar-refractivity contribution < 1.29 is 13.9 Å². The fraction of sp³-hybridized carbons (Fsp3) is 0.320. The number of amidine groups is 1. The number of hydrogen-bond donors (Lipinski definition) is 1. The maximum absolute atomic E-state index is 14.2. The Morgan fingerprint density at radius 1 is 1.07 bits per heavy atom. The molecule has 0 atom stereocenters. The number of aliphatic imine (C=N–C) groups is 1. The Labute approximate surface area is 177 Å². The molecule has 0 saturated carbocycles. The summed E-state index contributed by atoms with van der Waals surface area (Å²) in [6.07, 6.45) is 1.93. The second kappa shape index (κ2) is 9.24. The van der Waals surface area contributed by atoms with Crippen LogP contribution in [0.1, 0.15) is 44.7 Å². The zero-order valence-corrected chi connectivity index (χ0v) is 17.8. The minimum Gasteiger partial charge on any atom is -0.504 e. The van der Waals surface area contributed by atoms with Crippen LogP contribution in [-0.4, -0.2) is 22.4 Å². The number of para-hydroxylation sites is 1. The number of rotatable bonds is 7. The zero-order chi connectivity index (χ0) is 21.8. The highest BCUT2D eigenvalue weighted by molar-refractivity contribution is 6.03. The van der Waals surface area contributed by atoms with Gasteiger partial charge in [0.05, 0.1) is 5.56 Å². The molecule has 2 aromatic rings. The Morgan fingerprint density at radius 3 is 2.43 bits per heavy atom. The number of phenolic OH excluding ortho intramolecular Hbond substituents is 1. The van der Waals surface area contributed by atoms with Gasteiger partial charge in [0.1, 0.15) is 11.7 Å². The smallest absolute Gasteiger partial charge is 0.165 e. The van der Waals surface area contributed by atoms with Crippen molar-refractivity contribution >= 4 is 5.84 Å². The maximum Gasteiger partial charge on any atom is 0.165 e. The number of phenols is 1. The van der Waals surface area contributed by atoms with E-state index in [-0.39, 0.29) is 5.82 Å². The number of hydrogen-bond acceptors (Lipinski definition) is 3. The molecule has 0 saturated heterocycles. The van der Waals surface area contributed by atoms with Crippen molar-refractivity contribution in [2.75, 3.05) is 6.54 Å². The summed E-state index contributed by atoms with van der Waals surface area (Å²) in [4.78, 5) is 6.72. The molecule has 0 aliphatic carbocycles. The summed E-state index contributed by atoms with van der Waals surface area (Å²) in [5, 5.41) is 10.4. The van der Waals surface area contributed by atoms with E-state index in [4.69, 9.17) is 4.99 Å². The summed E-state index contributed by atoms with van der Waals surface area (Å²) in [7, 11) is 0. The lowest BCUT2D eigenvalue weighted by atomic mass is 9.96. The Kier molecular flexibility index (Phi) is 6.70. The summed E-state index contributed by atoms with van der Waals surface area (Å²) in [5.74, 6) is -0.583. The van der Waals surface area contributed by atoms with Crippen molar-refractivity contribution in [3.05, 3.63) is 88.8 Å². The van der Waals surface area contributed by atoms with Crippen molar-refractivity contribution in [2.24, 2.45) is 10.9 Å². The molecule has 0 spiro atoms. The third kappa shape index (κ3) is 4.45. The molecule has 3 nitrogen and oxygen atoms in total. The van der Waals surface area contributed by atoms with Crippen LogP contribution in [-0.2, 0) is 6.42 Å². The molecule has 1 N–H and O–H groups in total. The quantitative estimate of drug-likeness (QED) is 0.590. The molecule has 0 aromatic heterocycles. The Morgan fingerprint density at radius 2 is 1.77 bits per heavy atom. The molecular formula is C25H28F2N2O. The van der Waals surface area contributed by atoms with Gasteiger partial charge >= 0.3 is 0 Å². The topological polar surface area (TPSA) is 35.8 Å². The molecule has 30 heavy (non-hydrogen) atoms. The standard InChI is InChI=1S/C25H28F2N2O/c1-5-19-17(4)29(14-13-18-9-6-7-11-21(18)26)25(28-23(19)15-16(2)3)20-10-8-12-22(27)24(20)30/h6-12,16,30H,4-5,13-15H2,1-3H3. The Balaban J connectivity index is 2.06. The zero-order valence-electron chi connectivity index (χ0n) is 17.8. The van der Waals surface area contributed by atoms with Gasteiger partial charge in [-0.1, -0.05) is 51.6 Å². The Bertz CT molecular complexity index is 1010. The normalized spacial score (nSPS) is 14.5. The molecule has 1 heterocycles. The molecule has 3 rings (SSSR count). The monoisotopic (exact) mass is 410 g/mol. The number of aromatic hydroxyl groups is 1. The fourth-order valence-electron chi connectivity index (χ4n) is 3.75. The third-order valence-corrected chi connectivity index (χ3v) is 5.26. The third-order valence-electron chi connectivity index (χ3n) is 5.26. The highest BCUT2D eigenvalue weighted by Crippen LogP contribution is 2.35. The van der Waals surface area contributed by atoms with E-state index in [1.165, 1.54) is 12.1 Å². The van der Waals surface area contributed by atoms with Crippen LogP contribution in [0.4, 0.5) is 8.78 Å². The number of nitrogens with zero attached hydrogens (tertiary/aromatic N) is 2. The van der Waals surface area contributed by atoms with Crippen LogP contribution >= 0.6 is 0 Å². The molecule has 1 aliphatic heterocycles. The summed E-state index contributed by atoms with van der Waals surface area (Å²) in [6, 6.07) is 11.0. The molecule has 158 valence electrons. The fourth-order valence-corrected chi connectivity index (χ4v) is 3.75. The summed E-state index contributed by atoms with van der Waals surface area (Å²) in [5.41, 5.74) is 3.59. The molecule has 0 radical (unpaired) electrons. The lowest BCUT2D eigenvalue weighted by molar-refractivity contribution is 0.427. The first kappa shape index (κ1) is 21.8. The van der Waals surface area contributed by atoms with Gasteiger partial charge in [-0.25, -0.2) is 13.8 Å². The van der Waals surface area contributed by atoms with E-state index in [0.717, 1.165) is 29.8 Å². The van der Waals surface area contributed by atoms with Crippen LogP contribution in [0, 0.1) is 17.6 Å². The van der Waals surface area contributed by atoms with Gasteiger partial charge in [-0.2, -0.15) is 0 Å². The molecule has 0 unspecified atom stereocenters. The first-order chi connectivity index (χ1) is 14.3. The van der Waals surface area contributed by atoms with Crippen LogP contribution in [0.3, 0.4) is 0 Å². The molecule has 0 bridgehead atoms. The summed E-state index contributed by atoms with van der Waals surface area (Å²) < 4.78 is 28.3. The lowest BCUT2D eigenvalue weighted by Crippen LogP contribution is -2.36. The molecule has 0 fully saturated rings. The van der Waals surface area contributed by atoms with Gasteiger partial charge in [0.25, 0.3) is 0 Å². The highest BCUT2D eigenvalue weighted by atomic mass is 19.1. The minimum absolute atomic E-state index is 0.265. The molecular weight excluding hydrogens is 382 g/mol. The summed E-state index contributed by atoms with van der Waals surface area (Å²) in [6.45, 7) is 11.0. The van der Waals surface area contributed by atoms with Gasteiger partial charge < -0.3 is 10.0 Å².